The molecule has 2 atom stereocenters. The van der Waals surface area contributed by atoms with Crippen LogP contribution < -0.4 is 0 Å². The van der Waals surface area contributed by atoms with E-state index >= 15 is 4.39 Å². The number of aromatic nitrogens is 4. The third kappa shape index (κ3) is 5.11. The lowest BCUT2D eigenvalue weighted by Crippen LogP contribution is -2.43. The molecule has 2 aliphatic rings. The molecule has 0 spiro atoms. The van der Waals surface area contributed by atoms with Gasteiger partial charge >= 0.3 is 6.09 Å². The summed E-state index contributed by atoms with van der Waals surface area (Å²) in [5.41, 5.74) is 4.88. The Balaban J connectivity index is 1.22. The summed E-state index contributed by atoms with van der Waals surface area (Å²) in [6, 6.07) is 16.2. The summed E-state index contributed by atoms with van der Waals surface area (Å²) in [4.78, 5) is 21.9. The molecule has 4 aromatic rings. The smallest absolute Gasteiger partial charge is 0.407 e. The van der Waals surface area contributed by atoms with Gasteiger partial charge in [-0.1, -0.05) is 30.3 Å². The molecule has 2 fully saturated rings. The quantitative estimate of drug-likeness (QED) is 0.344. The molecule has 8 nitrogen and oxygen atoms in total. The minimum atomic E-state index is -1.26. The number of hydrogen-bond donors (Lipinski definition) is 1. The van der Waals surface area contributed by atoms with Crippen LogP contribution in [-0.4, -0.2) is 61.2 Å². The fraction of sp³-hybridized carbons (Fsp3) is 0.400. The first-order chi connectivity index (χ1) is 18.9. The number of piperidine rings is 1. The molecule has 3 heterocycles. The molecule has 2 aromatic heterocycles. The number of fused-ring (bicyclic) bond motifs is 1. The number of ether oxygens (including phenoxy) is 1. The Labute approximate surface area is 226 Å². The van der Waals surface area contributed by atoms with Crippen molar-refractivity contribution < 1.29 is 19.0 Å². The van der Waals surface area contributed by atoms with Crippen LogP contribution in [0.2, 0.25) is 0 Å². The van der Waals surface area contributed by atoms with E-state index in [0.717, 1.165) is 45.5 Å². The van der Waals surface area contributed by atoms with Crippen molar-refractivity contribution >= 4 is 17.0 Å². The lowest BCUT2D eigenvalue weighted by molar-refractivity contribution is -0.0215. The molecular weight excluding hydrogens is 497 g/mol. The number of benzene rings is 2. The van der Waals surface area contributed by atoms with Crippen LogP contribution in [-0.2, 0) is 11.3 Å². The fourth-order valence-electron chi connectivity index (χ4n) is 5.84. The fourth-order valence-corrected chi connectivity index (χ4v) is 5.84. The molecule has 1 aliphatic heterocycles. The van der Waals surface area contributed by atoms with Crippen molar-refractivity contribution in [3.63, 3.8) is 0 Å². The molecule has 1 saturated heterocycles. The van der Waals surface area contributed by atoms with Crippen LogP contribution in [0.15, 0.2) is 54.7 Å². The average Bonchev–Trinajstić information content (AvgIpc) is 3.30. The van der Waals surface area contributed by atoms with E-state index in [1.165, 1.54) is 5.56 Å². The third-order valence-electron chi connectivity index (χ3n) is 8.07. The number of carboxylic acid groups (broad SMARTS) is 1. The lowest BCUT2D eigenvalue weighted by Gasteiger charge is -2.35. The summed E-state index contributed by atoms with van der Waals surface area (Å²) in [6.07, 6.45) is 1.96. The number of likely N-dealkylation sites (tertiary alicyclic amines) is 1. The molecule has 1 saturated carbocycles. The molecule has 2 unspecified atom stereocenters. The summed E-state index contributed by atoms with van der Waals surface area (Å²) in [7, 11) is 0. The Morgan fingerprint density at radius 1 is 1.13 bits per heavy atom. The number of amides is 1. The zero-order valence-corrected chi connectivity index (χ0v) is 22.1. The van der Waals surface area contributed by atoms with Gasteiger partial charge in [0.1, 0.15) is 12.0 Å². The lowest BCUT2D eigenvalue weighted by atomic mass is 9.80. The predicted octanol–water partition coefficient (Wildman–Crippen LogP) is 5.70. The summed E-state index contributed by atoms with van der Waals surface area (Å²) < 4.78 is 23.0. The van der Waals surface area contributed by atoms with Gasteiger partial charge in [0.15, 0.2) is 5.82 Å². The van der Waals surface area contributed by atoms with Gasteiger partial charge in [0.05, 0.1) is 31.0 Å². The van der Waals surface area contributed by atoms with E-state index in [9.17, 15) is 9.90 Å². The first-order valence-electron chi connectivity index (χ1n) is 13.5. The normalized spacial score (nSPS) is 23.1. The molecule has 0 radical (unpaired) electrons. The largest absolute Gasteiger partial charge is 0.465 e. The van der Waals surface area contributed by atoms with Gasteiger partial charge in [0.25, 0.3) is 0 Å². The second-order valence-electron chi connectivity index (χ2n) is 10.7. The SMILES string of the molecule is Cc1nc(C2CC(OCc3ccccc3)C2)cc(-n2ncc3cc(C)c(C4CCN(C(=O)O)CC4F)cc32)n1. The van der Waals surface area contributed by atoms with Gasteiger partial charge in [0.2, 0.25) is 0 Å². The van der Waals surface area contributed by atoms with Gasteiger partial charge in [-0.05, 0) is 61.9 Å². The number of nitrogens with zero attached hydrogens (tertiary/aromatic N) is 5. The summed E-state index contributed by atoms with van der Waals surface area (Å²) in [6.45, 7) is 4.69. The van der Waals surface area contributed by atoms with Gasteiger partial charge in [-0.15, -0.1) is 0 Å². The van der Waals surface area contributed by atoms with Crippen LogP contribution >= 0.6 is 0 Å². The highest BCUT2D eigenvalue weighted by Crippen LogP contribution is 2.39. The van der Waals surface area contributed by atoms with Gasteiger partial charge in [0, 0.05) is 35.5 Å². The first kappa shape index (κ1) is 25.4. The highest BCUT2D eigenvalue weighted by molar-refractivity contribution is 5.82. The highest BCUT2D eigenvalue weighted by atomic mass is 19.1. The summed E-state index contributed by atoms with van der Waals surface area (Å²) in [5, 5.41) is 14.8. The summed E-state index contributed by atoms with van der Waals surface area (Å²) in [5.74, 6) is 1.31. The van der Waals surface area contributed by atoms with E-state index in [0.29, 0.717) is 37.1 Å². The Morgan fingerprint density at radius 2 is 1.92 bits per heavy atom. The number of rotatable bonds is 6. The monoisotopic (exact) mass is 529 g/mol. The molecule has 1 N–H and O–H groups in total. The van der Waals surface area contributed by atoms with Crippen LogP contribution in [0.5, 0.6) is 0 Å². The van der Waals surface area contributed by atoms with Crippen molar-refractivity contribution in [1.82, 2.24) is 24.6 Å². The van der Waals surface area contributed by atoms with Crippen molar-refractivity contribution in [2.24, 2.45) is 0 Å². The predicted molar refractivity (Wildman–Crippen MR) is 145 cm³/mol. The Kier molecular flexibility index (Phi) is 6.76. The van der Waals surface area contributed by atoms with E-state index < -0.39 is 12.3 Å². The number of alkyl halides is 1. The van der Waals surface area contributed by atoms with Crippen LogP contribution in [0.1, 0.15) is 59.3 Å². The minimum Gasteiger partial charge on any atom is -0.465 e. The van der Waals surface area contributed by atoms with Crippen LogP contribution in [0.4, 0.5) is 9.18 Å². The molecule has 2 aromatic carbocycles. The molecule has 39 heavy (non-hydrogen) atoms. The maximum absolute atomic E-state index is 15.1. The van der Waals surface area contributed by atoms with E-state index in [1.54, 1.807) is 10.9 Å². The molecule has 1 amide bonds. The van der Waals surface area contributed by atoms with Gasteiger partial charge < -0.3 is 14.7 Å². The topological polar surface area (TPSA) is 93.4 Å². The minimum absolute atomic E-state index is 0.108. The van der Waals surface area contributed by atoms with E-state index in [2.05, 4.69) is 22.2 Å². The average molecular weight is 530 g/mol. The number of halogens is 1. The Morgan fingerprint density at radius 3 is 2.67 bits per heavy atom. The van der Waals surface area contributed by atoms with Crippen molar-refractivity contribution in [3.05, 3.63) is 82.9 Å². The first-order valence-corrected chi connectivity index (χ1v) is 13.5. The Hall–Kier alpha value is -3.85. The zero-order valence-electron chi connectivity index (χ0n) is 22.1. The Bertz CT molecular complexity index is 1500. The van der Waals surface area contributed by atoms with E-state index in [1.807, 2.05) is 50.2 Å². The van der Waals surface area contributed by atoms with Crippen molar-refractivity contribution in [3.8, 4) is 5.82 Å². The van der Waals surface area contributed by atoms with Gasteiger partial charge in [-0.3, -0.25) is 0 Å². The maximum Gasteiger partial charge on any atom is 0.407 e. The van der Waals surface area contributed by atoms with Crippen LogP contribution in [0, 0.1) is 13.8 Å². The van der Waals surface area contributed by atoms with Crippen molar-refractivity contribution in [1.29, 1.82) is 0 Å². The second-order valence-corrected chi connectivity index (χ2v) is 10.7. The van der Waals surface area contributed by atoms with Crippen molar-refractivity contribution in [2.75, 3.05) is 13.1 Å². The van der Waals surface area contributed by atoms with Crippen LogP contribution in [0.3, 0.4) is 0 Å². The molecule has 1 aliphatic carbocycles. The zero-order chi connectivity index (χ0) is 27.1. The number of carbonyl (C=O) groups is 1. The number of hydrogen-bond acceptors (Lipinski definition) is 5. The number of aryl methyl sites for hydroxylation is 2. The second kappa shape index (κ2) is 10.4. The molecule has 0 bridgehead atoms. The molecule has 6 rings (SSSR count). The third-order valence-corrected chi connectivity index (χ3v) is 8.07. The van der Waals surface area contributed by atoms with E-state index in [4.69, 9.17) is 9.72 Å². The summed E-state index contributed by atoms with van der Waals surface area (Å²) >= 11 is 0. The van der Waals surface area contributed by atoms with Gasteiger partial charge in [-0.2, -0.15) is 5.10 Å². The maximum atomic E-state index is 15.1. The molecule has 9 heteroatoms. The van der Waals surface area contributed by atoms with Crippen molar-refractivity contribution in [2.45, 2.75) is 63.8 Å². The molecule has 202 valence electrons. The molecular formula is C30H32FN5O3. The van der Waals surface area contributed by atoms with E-state index in [-0.39, 0.29) is 18.6 Å². The highest BCUT2D eigenvalue weighted by Gasteiger charge is 2.34. The standard InChI is InChI=1S/C30H32FN5O3/c1-18-10-22-15-32-36(28(22)13-25(18)24-8-9-35(30(37)38)16-26(24)31)29-14-27(33-19(2)34-29)21-11-23(12-21)39-17-20-6-4-3-5-7-20/h3-7,10,13-15,21,23-24,26H,8-9,11-12,16-17H2,1-2H3,(H,37,38). The van der Waals surface area contributed by atoms with Gasteiger partial charge in [-0.25, -0.2) is 23.8 Å². The van der Waals surface area contributed by atoms with Crippen LogP contribution in [0.25, 0.3) is 16.7 Å².